The fourth-order valence-electron chi connectivity index (χ4n) is 4.33. The van der Waals surface area contributed by atoms with Crippen LogP contribution >= 0.6 is 0 Å². The predicted molar refractivity (Wildman–Crippen MR) is 127 cm³/mol. The van der Waals surface area contributed by atoms with Gasteiger partial charge in [0.1, 0.15) is 6.04 Å². The molecule has 1 saturated carbocycles. The molecule has 0 saturated heterocycles. The average molecular weight is 466 g/mol. The Morgan fingerprint density at radius 2 is 1.72 bits per heavy atom. The Morgan fingerprint density at radius 1 is 1.09 bits per heavy atom. The van der Waals surface area contributed by atoms with E-state index in [4.69, 9.17) is 0 Å². The highest BCUT2D eigenvalue weighted by Crippen LogP contribution is 2.24. The molecule has 1 fully saturated rings. The summed E-state index contributed by atoms with van der Waals surface area (Å²) >= 11 is 0. The topological polar surface area (TPSA) is 86.8 Å². The zero-order valence-corrected chi connectivity index (χ0v) is 21.0. The smallest absolute Gasteiger partial charge is 0.251 e. The molecule has 180 valence electrons. The zero-order chi connectivity index (χ0) is 23.9. The van der Waals surface area contributed by atoms with Gasteiger partial charge < -0.3 is 10.2 Å². The molecule has 0 radical (unpaired) electrons. The van der Waals surface area contributed by atoms with E-state index >= 15 is 0 Å². The van der Waals surface area contributed by atoms with Gasteiger partial charge in [0.15, 0.2) is 0 Å². The fourth-order valence-corrected chi connectivity index (χ4v) is 5.84. The van der Waals surface area contributed by atoms with Gasteiger partial charge in [0.25, 0.3) is 5.91 Å². The van der Waals surface area contributed by atoms with Crippen molar-refractivity contribution in [1.82, 2.24) is 14.5 Å². The molecule has 1 N–H and O–H groups in total. The number of benzene rings is 1. The van der Waals surface area contributed by atoms with E-state index in [2.05, 4.69) is 5.32 Å². The van der Waals surface area contributed by atoms with Gasteiger partial charge in [-0.05, 0) is 42.9 Å². The Kier molecular flexibility index (Phi) is 9.70. The van der Waals surface area contributed by atoms with Crippen LogP contribution in [0.3, 0.4) is 0 Å². The molecule has 1 atom stereocenters. The van der Waals surface area contributed by atoms with Gasteiger partial charge >= 0.3 is 0 Å². The van der Waals surface area contributed by atoms with Crippen LogP contribution in [0.25, 0.3) is 0 Å². The number of hydrogen-bond acceptors (Lipinski definition) is 4. The SMILES string of the molecule is CCN(CC)S(=O)(=O)c1cccc(C(=O)N[C@@H](C(=O)N(C)CC2CCCCC2)C(C)C)c1. The maximum atomic E-state index is 13.1. The van der Waals surface area contributed by atoms with Gasteiger partial charge in [-0.1, -0.05) is 53.0 Å². The second-order valence-electron chi connectivity index (χ2n) is 9.04. The van der Waals surface area contributed by atoms with Crippen molar-refractivity contribution in [1.29, 1.82) is 0 Å². The summed E-state index contributed by atoms with van der Waals surface area (Å²) in [7, 11) is -1.87. The van der Waals surface area contributed by atoms with Crippen LogP contribution in [-0.2, 0) is 14.8 Å². The largest absolute Gasteiger partial charge is 0.344 e. The van der Waals surface area contributed by atoms with Crippen molar-refractivity contribution in [2.24, 2.45) is 11.8 Å². The quantitative estimate of drug-likeness (QED) is 0.573. The lowest BCUT2D eigenvalue weighted by atomic mass is 9.89. The van der Waals surface area contributed by atoms with E-state index in [-0.39, 0.29) is 22.3 Å². The molecule has 1 aromatic rings. The van der Waals surface area contributed by atoms with Crippen molar-refractivity contribution in [2.75, 3.05) is 26.7 Å². The molecule has 1 aliphatic carbocycles. The Balaban J connectivity index is 2.15. The molecule has 7 nitrogen and oxygen atoms in total. The van der Waals surface area contributed by atoms with Crippen molar-refractivity contribution < 1.29 is 18.0 Å². The zero-order valence-electron chi connectivity index (χ0n) is 20.1. The highest BCUT2D eigenvalue weighted by Gasteiger charge is 2.29. The first-order valence-corrected chi connectivity index (χ1v) is 13.2. The molecular weight excluding hydrogens is 426 g/mol. The third kappa shape index (κ3) is 6.54. The Bertz CT molecular complexity index is 875. The highest BCUT2D eigenvalue weighted by molar-refractivity contribution is 7.89. The van der Waals surface area contributed by atoms with Crippen LogP contribution in [0.5, 0.6) is 0 Å². The summed E-state index contributed by atoms with van der Waals surface area (Å²) in [6.45, 7) is 8.77. The van der Waals surface area contributed by atoms with E-state index in [1.807, 2.05) is 13.8 Å². The number of likely N-dealkylation sites (N-methyl/N-ethyl adjacent to an activating group) is 1. The predicted octanol–water partition coefficient (Wildman–Crippen LogP) is 3.51. The maximum absolute atomic E-state index is 13.1. The van der Waals surface area contributed by atoms with Gasteiger partial charge in [-0.25, -0.2) is 8.42 Å². The molecule has 8 heteroatoms. The molecular formula is C24H39N3O4S. The van der Waals surface area contributed by atoms with E-state index in [1.165, 1.54) is 35.7 Å². The van der Waals surface area contributed by atoms with Crippen molar-refractivity contribution in [3.05, 3.63) is 29.8 Å². The minimum Gasteiger partial charge on any atom is -0.344 e. The van der Waals surface area contributed by atoms with Crippen molar-refractivity contribution in [2.45, 2.75) is 70.7 Å². The van der Waals surface area contributed by atoms with Crippen molar-refractivity contribution in [3.63, 3.8) is 0 Å². The second kappa shape index (κ2) is 11.8. The fraction of sp³-hybridized carbons (Fsp3) is 0.667. The molecule has 0 unspecified atom stereocenters. The van der Waals surface area contributed by atoms with Gasteiger partial charge in [0.2, 0.25) is 15.9 Å². The first-order valence-electron chi connectivity index (χ1n) is 11.8. The number of rotatable bonds is 10. The van der Waals surface area contributed by atoms with Crippen LogP contribution in [0, 0.1) is 11.8 Å². The summed E-state index contributed by atoms with van der Waals surface area (Å²) in [4.78, 5) is 27.9. The van der Waals surface area contributed by atoms with E-state index < -0.39 is 22.0 Å². The lowest BCUT2D eigenvalue weighted by Crippen LogP contribution is -2.51. The number of hydrogen-bond donors (Lipinski definition) is 1. The molecule has 0 aromatic heterocycles. The molecule has 1 aliphatic rings. The van der Waals surface area contributed by atoms with E-state index in [1.54, 1.807) is 37.9 Å². The number of carbonyl (C=O) groups excluding carboxylic acids is 2. The third-order valence-electron chi connectivity index (χ3n) is 6.29. The van der Waals surface area contributed by atoms with Crippen LogP contribution < -0.4 is 5.32 Å². The summed E-state index contributed by atoms with van der Waals surface area (Å²) in [6.07, 6.45) is 5.98. The van der Waals surface area contributed by atoms with Crippen LogP contribution in [0.4, 0.5) is 0 Å². The Hall–Kier alpha value is -1.93. The highest BCUT2D eigenvalue weighted by atomic mass is 32.2. The number of sulfonamides is 1. The molecule has 0 heterocycles. The Labute approximate surface area is 193 Å². The lowest BCUT2D eigenvalue weighted by molar-refractivity contribution is -0.133. The first kappa shape index (κ1) is 26.3. The summed E-state index contributed by atoms with van der Waals surface area (Å²) < 4.78 is 27.0. The first-order chi connectivity index (χ1) is 15.1. The molecule has 0 bridgehead atoms. The van der Waals surface area contributed by atoms with Gasteiger partial charge in [0.05, 0.1) is 4.90 Å². The van der Waals surface area contributed by atoms with Gasteiger partial charge in [0, 0.05) is 32.2 Å². The Morgan fingerprint density at radius 3 is 2.28 bits per heavy atom. The van der Waals surface area contributed by atoms with Crippen molar-refractivity contribution in [3.8, 4) is 0 Å². The lowest BCUT2D eigenvalue weighted by Gasteiger charge is -2.31. The minimum atomic E-state index is -3.67. The molecule has 2 rings (SSSR count). The summed E-state index contributed by atoms with van der Waals surface area (Å²) in [5.41, 5.74) is 0.228. The van der Waals surface area contributed by atoms with Gasteiger partial charge in [-0.15, -0.1) is 0 Å². The standard InChI is InChI=1S/C24H39N3O4S/c1-6-27(7-2)32(30,31)21-15-11-14-20(16-21)23(28)25-22(18(3)4)24(29)26(5)17-19-12-9-8-10-13-19/h11,14-16,18-19,22H,6-10,12-13,17H2,1-5H3,(H,25,28)/t22-/m1/s1. The van der Waals surface area contributed by atoms with Crippen LogP contribution in [0.2, 0.25) is 0 Å². The average Bonchev–Trinajstić information content (AvgIpc) is 2.78. The number of nitrogens with zero attached hydrogens (tertiary/aromatic N) is 2. The number of carbonyl (C=O) groups is 2. The normalized spacial score (nSPS) is 16.2. The molecule has 0 aliphatic heterocycles. The van der Waals surface area contributed by atoms with Gasteiger partial charge in [-0.2, -0.15) is 4.31 Å². The minimum absolute atomic E-state index is 0.0793. The number of amides is 2. The molecule has 1 aromatic carbocycles. The molecule has 0 spiro atoms. The molecule has 2 amide bonds. The monoisotopic (exact) mass is 465 g/mol. The second-order valence-corrected chi connectivity index (χ2v) is 11.0. The van der Waals surface area contributed by atoms with E-state index in [0.717, 1.165) is 12.8 Å². The summed E-state index contributed by atoms with van der Waals surface area (Å²) in [5.74, 6) is -0.128. The van der Waals surface area contributed by atoms with Crippen LogP contribution in [0.1, 0.15) is 70.2 Å². The van der Waals surface area contributed by atoms with E-state index in [9.17, 15) is 18.0 Å². The van der Waals surface area contributed by atoms with Crippen LogP contribution in [-0.4, -0.2) is 62.2 Å². The van der Waals surface area contributed by atoms with Crippen molar-refractivity contribution >= 4 is 21.8 Å². The summed E-state index contributed by atoms with van der Waals surface area (Å²) in [5, 5.41) is 2.85. The van der Waals surface area contributed by atoms with Gasteiger partial charge in [-0.3, -0.25) is 9.59 Å². The summed E-state index contributed by atoms with van der Waals surface area (Å²) in [6, 6.07) is 5.35. The third-order valence-corrected chi connectivity index (χ3v) is 8.34. The van der Waals surface area contributed by atoms with Crippen LogP contribution in [0.15, 0.2) is 29.2 Å². The van der Waals surface area contributed by atoms with E-state index in [0.29, 0.717) is 25.6 Å². The maximum Gasteiger partial charge on any atom is 0.251 e. The molecule has 32 heavy (non-hydrogen) atoms. The number of nitrogens with one attached hydrogen (secondary N) is 1.